The molecule has 0 saturated heterocycles. The molecule has 1 atom stereocenters. The van der Waals surface area contributed by atoms with Crippen LogP contribution in [0.1, 0.15) is 88.5 Å². The highest BCUT2D eigenvalue weighted by Crippen LogP contribution is 2.41. The van der Waals surface area contributed by atoms with E-state index in [1.54, 1.807) is 0 Å². The van der Waals surface area contributed by atoms with Crippen molar-refractivity contribution in [3.63, 3.8) is 0 Å². The molecule has 0 fully saturated rings. The van der Waals surface area contributed by atoms with Crippen molar-refractivity contribution in [3.8, 4) is 0 Å². The molecule has 2 aliphatic rings. The maximum atomic E-state index is 2.40. The molecule has 0 heteroatoms. The predicted molar refractivity (Wildman–Crippen MR) is 181 cm³/mol. The van der Waals surface area contributed by atoms with Crippen LogP contribution in [0.15, 0.2) is 142 Å². The average molecular weight is 535 g/mol. The second kappa shape index (κ2) is 15.6. The van der Waals surface area contributed by atoms with E-state index in [0.717, 1.165) is 6.42 Å². The summed E-state index contributed by atoms with van der Waals surface area (Å²) in [6.07, 6.45) is 41.1. The molecule has 0 amide bonds. The molecule has 0 radical (unpaired) electrons. The maximum absolute atomic E-state index is 2.40. The standard InChI is InChI=1S/C40H54/c1-31(19-13-21-33(3)25-27-37-35(5)23-15-29-39(37,7)8)17-11-12-18-32(2)20-14-22-34(4)26-28-38-36(6)24-16-30-40(38,9)10/h11-15,17-28,38H,16,29-30H2,1-10H3/b12-11+,19-13+,20-14+,27-25+,28-26+,31-17+,32-18+,33-21+,34-22+. The maximum Gasteiger partial charge on any atom is 0.00285 e. The molecule has 0 bridgehead atoms. The fourth-order valence-electron chi connectivity index (χ4n) is 5.41. The summed E-state index contributed by atoms with van der Waals surface area (Å²) in [7, 11) is 0. The van der Waals surface area contributed by atoms with E-state index in [0.29, 0.717) is 11.3 Å². The molecule has 0 aromatic heterocycles. The summed E-state index contributed by atoms with van der Waals surface area (Å²) in [5.74, 6) is 0.530. The van der Waals surface area contributed by atoms with Gasteiger partial charge < -0.3 is 0 Å². The Balaban J connectivity index is 1.88. The molecule has 0 N–H and O–H groups in total. The molecule has 0 spiro atoms. The van der Waals surface area contributed by atoms with Crippen LogP contribution in [0.2, 0.25) is 0 Å². The van der Waals surface area contributed by atoms with Crippen molar-refractivity contribution in [1.82, 2.24) is 0 Å². The van der Waals surface area contributed by atoms with Crippen molar-refractivity contribution in [2.45, 2.75) is 88.5 Å². The SMILES string of the molecule is CC1=CCCC(C)(C)C1/C=C/C(C)=C/C=C/C(C)=C/C=C/C=C(C)/C=C/C=C(C)/C=C/C1=C(C)C=CCC1(C)C. The molecule has 2 aliphatic carbocycles. The first-order valence-electron chi connectivity index (χ1n) is 14.9. The minimum Gasteiger partial charge on any atom is -0.0850 e. The first kappa shape index (κ1) is 33.1. The van der Waals surface area contributed by atoms with E-state index in [-0.39, 0.29) is 5.41 Å². The van der Waals surface area contributed by atoms with E-state index >= 15 is 0 Å². The van der Waals surface area contributed by atoms with Crippen LogP contribution in [0, 0.1) is 16.7 Å². The lowest BCUT2D eigenvalue weighted by atomic mass is 9.68. The van der Waals surface area contributed by atoms with Crippen LogP contribution in [0.25, 0.3) is 0 Å². The molecule has 0 nitrogen and oxygen atoms in total. The lowest BCUT2D eigenvalue weighted by molar-refractivity contribution is 0.255. The minimum atomic E-state index is 0.204. The van der Waals surface area contributed by atoms with Crippen molar-refractivity contribution in [2.75, 3.05) is 0 Å². The highest BCUT2D eigenvalue weighted by molar-refractivity contribution is 5.42. The predicted octanol–water partition coefficient (Wildman–Crippen LogP) is 12.2. The molecule has 0 heterocycles. The van der Waals surface area contributed by atoms with Gasteiger partial charge in [-0.1, -0.05) is 159 Å². The quantitative estimate of drug-likeness (QED) is 0.193. The topological polar surface area (TPSA) is 0 Å². The molecule has 40 heavy (non-hydrogen) atoms. The third-order valence-electron chi connectivity index (χ3n) is 8.07. The summed E-state index contributed by atoms with van der Waals surface area (Å²) in [4.78, 5) is 0. The largest absolute Gasteiger partial charge is 0.0850 e. The van der Waals surface area contributed by atoms with E-state index in [1.165, 1.54) is 51.9 Å². The Bertz CT molecular complexity index is 1240. The van der Waals surface area contributed by atoms with Crippen molar-refractivity contribution >= 4 is 0 Å². The lowest BCUT2D eigenvalue weighted by Crippen LogP contribution is -2.26. The Hall–Kier alpha value is -3.12. The highest BCUT2D eigenvalue weighted by atomic mass is 14.3. The van der Waals surface area contributed by atoms with Gasteiger partial charge in [-0.25, -0.2) is 0 Å². The zero-order valence-corrected chi connectivity index (χ0v) is 27.0. The van der Waals surface area contributed by atoms with Crippen LogP contribution in [-0.2, 0) is 0 Å². The Morgan fingerprint density at radius 1 is 0.725 bits per heavy atom. The summed E-state index contributed by atoms with van der Waals surface area (Å²) in [6, 6.07) is 0. The number of allylic oxidation sites excluding steroid dienone is 24. The van der Waals surface area contributed by atoms with Gasteiger partial charge in [-0.3, -0.25) is 0 Å². The zero-order chi connectivity index (χ0) is 29.8. The second-order valence-corrected chi connectivity index (χ2v) is 13.0. The number of rotatable bonds is 10. The molecule has 0 aromatic rings. The fraction of sp³-hybridized carbons (Fsp3) is 0.400. The first-order chi connectivity index (χ1) is 18.8. The minimum absolute atomic E-state index is 0.204. The van der Waals surface area contributed by atoms with E-state index in [1.807, 2.05) is 0 Å². The van der Waals surface area contributed by atoms with Gasteiger partial charge in [0.1, 0.15) is 0 Å². The van der Waals surface area contributed by atoms with Gasteiger partial charge >= 0.3 is 0 Å². The van der Waals surface area contributed by atoms with Crippen molar-refractivity contribution in [3.05, 3.63) is 142 Å². The molecule has 0 aromatic carbocycles. The van der Waals surface area contributed by atoms with Gasteiger partial charge in [-0.05, 0) is 82.8 Å². The lowest BCUT2D eigenvalue weighted by Gasteiger charge is -2.36. The van der Waals surface area contributed by atoms with Gasteiger partial charge in [-0.2, -0.15) is 0 Å². The number of hydrogen-bond donors (Lipinski definition) is 0. The van der Waals surface area contributed by atoms with Gasteiger partial charge in [0, 0.05) is 5.92 Å². The Morgan fingerprint density at radius 3 is 1.80 bits per heavy atom. The van der Waals surface area contributed by atoms with Crippen molar-refractivity contribution < 1.29 is 0 Å². The van der Waals surface area contributed by atoms with E-state index in [2.05, 4.69) is 173 Å². The normalized spacial score (nSPS) is 23.1. The third kappa shape index (κ3) is 11.2. The second-order valence-electron chi connectivity index (χ2n) is 13.0. The summed E-state index contributed by atoms with van der Waals surface area (Å²) < 4.78 is 0. The Morgan fingerprint density at radius 2 is 1.25 bits per heavy atom. The molecule has 0 saturated carbocycles. The van der Waals surface area contributed by atoms with Crippen LogP contribution in [0.4, 0.5) is 0 Å². The van der Waals surface area contributed by atoms with Crippen LogP contribution >= 0.6 is 0 Å². The van der Waals surface area contributed by atoms with Crippen molar-refractivity contribution in [1.29, 1.82) is 0 Å². The van der Waals surface area contributed by atoms with Gasteiger partial charge in [-0.15, -0.1) is 0 Å². The van der Waals surface area contributed by atoms with Crippen molar-refractivity contribution in [2.24, 2.45) is 16.7 Å². The van der Waals surface area contributed by atoms with E-state index in [4.69, 9.17) is 0 Å². The Kier molecular flexibility index (Phi) is 12.9. The van der Waals surface area contributed by atoms with Crippen LogP contribution in [0.5, 0.6) is 0 Å². The molecule has 2 rings (SSSR count). The van der Waals surface area contributed by atoms with E-state index < -0.39 is 0 Å². The van der Waals surface area contributed by atoms with E-state index in [9.17, 15) is 0 Å². The zero-order valence-electron chi connectivity index (χ0n) is 27.0. The van der Waals surface area contributed by atoms with Crippen LogP contribution in [-0.4, -0.2) is 0 Å². The smallest absolute Gasteiger partial charge is 0.00285 e. The average Bonchev–Trinajstić information content (AvgIpc) is 2.85. The third-order valence-corrected chi connectivity index (χ3v) is 8.07. The summed E-state index contributed by atoms with van der Waals surface area (Å²) in [5.41, 5.74) is 9.83. The van der Waals surface area contributed by atoms with Crippen LogP contribution < -0.4 is 0 Å². The fourth-order valence-corrected chi connectivity index (χ4v) is 5.41. The highest BCUT2D eigenvalue weighted by Gasteiger charge is 2.30. The van der Waals surface area contributed by atoms with Crippen LogP contribution in [0.3, 0.4) is 0 Å². The summed E-state index contributed by atoms with van der Waals surface area (Å²) in [6.45, 7) is 22.5. The Labute approximate surface area is 247 Å². The molecule has 214 valence electrons. The number of hydrogen-bond acceptors (Lipinski definition) is 0. The van der Waals surface area contributed by atoms with Gasteiger partial charge in [0.15, 0.2) is 0 Å². The van der Waals surface area contributed by atoms with Gasteiger partial charge in [0.2, 0.25) is 0 Å². The van der Waals surface area contributed by atoms with Gasteiger partial charge in [0.05, 0.1) is 0 Å². The summed E-state index contributed by atoms with van der Waals surface area (Å²) >= 11 is 0. The molecular formula is C40H54. The summed E-state index contributed by atoms with van der Waals surface area (Å²) in [5, 5.41) is 0. The first-order valence-corrected chi connectivity index (χ1v) is 14.9. The molecular weight excluding hydrogens is 480 g/mol. The molecule has 1 unspecified atom stereocenters. The molecule has 0 aliphatic heterocycles. The van der Waals surface area contributed by atoms with Gasteiger partial charge in [0.25, 0.3) is 0 Å². The monoisotopic (exact) mass is 534 g/mol.